The molecule has 0 saturated carbocycles. The van der Waals surface area contributed by atoms with Gasteiger partial charge in [-0.25, -0.2) is 0 Å². The van der Waals surface area contributed by atoms with E-state index in [9.17, 15) is 4.79 Å². The first-order valence-corrected chi connectivity index (χ1v) is 8.41. The van der Waals surface area contributed by atoms with Crippen molar-refractivity contribution >= 4 is 38.9 Å². The molecule has 112 valence electrons. The van der Waals surface area contributed by atoms with Gasteiger partial charge < -0.3 is 9.64 Å². The summed E-state index contributed by atoms with van der Waals surface area (Å²) >= 11 is 7.54. The van der Waals surface area contributed by atoms with E-state index in [1.165, 1.54) is 0 Å². The van der Waals surface area contributed by atoms with Gasteiger partial charge in [0.25, 0.3) is 5.91 Å². The summed E-state index contributed by atoms with van der Waals surface area (Å²) in [6.45, 7) is 5.13. The van der Waals surface area contributed by atoms with Crippen LogP contribution in [0, 0.1) is 0 Å². The van der Waals surface area contributed by atoms with Gasteiger partial charge in [-0.3, -0.25) is 4.79 Å². The summed E-state index contributed by atoms with van der Waals surface area (Å²) in [6.07, 6.45) is -0.107. The van der Waals surface area contributed by atoms with E-state index in [-0.39, 0.29) is 17.6 Å². The number of fused-ring (bicyclic) bond motifs is 1. The van der Waals surface area contributed by atoms with Crippen molar-refractivity contribution in [3.05, 3.63) is 35.2 Å². The number of nitrogens with zero attached hydrogens (tertiary/aromatic N) is 1. The summed E-state index contributed by atoms with van der Waals surface area (Å²) < 4.78 is 7.03. The van der Waals surface area contributed by atoms with E-state index in [4.69, 9.17) is 16.3 Å². The molecule has 0 radical (unpaired) electrons. The van der Waals surface area contributed by atoms with Gasteiger partial charge in [-0.2, -0.15) is 0 Å². The average molecular weight is 324 g/mol. The van der Waals surface area contributed by atoms with Crippen LogP contribution in [0.5, 0.6) is 0 Å². The molecule has 1 aliphatic rings. The Morgan fingerprint density at radius 3 is 3.00 bits per heavy atom. The summed E-state index contributed by atoms with van der Waals surface area (Å²) in [7, 11) is 0. The second-order valence-corrected chi connectivity index (χ2v) is 7.20. The highest BCUT2D eigenvalue weighted by atomic mass is 35.5. The first kappa shape index (κ1) is 14.8. The Hall–Kier alpha value is -1.10. The second kappa shape index (κ2) is 5.59. The maximum Gasteiger partial charge on any atom is 0.255 e. The van der Waals surface area contributed by atoms with E-state index >= 15 is 0 Å². The highest BCUT2D eigenvalue weighted by molar-refractivity contribution is 7.17. The number of carbonyl (C=O) groups excluding carboxylic acids is 1. The fourth-order valence-corrected chi connectivity index (χ4v) is 3.94. The lowest BCUT2D eigenvalue weighted by Gasteiger charge is -2.42. The molecule has 0 N–H and O–H groups in total. The van der Waals surface area contributed by atoms with Crippen LogP contribution in [0.3, 0.4) is 0 Å². The monoisotopic (exact) mass is 323 g/mol. The molecule has 0 spiro atoms. The lowest BCUT2D eigenvalue weighted by Crippen LogP contribution is -2.55. The quantitative estimate of drug-likeness (QED) is 0.788. The molecule has 1 unspecified atom stereocenters. The van der Waals surface area contributed by atoms with E-state index in [0.717, 1.165) is 15.6 Å². The number of hydrogen-bond donors (Lipinski definition) is 0. The molecule has 2 aromatic rings. The number of benzene rings is 1. The van der Waals surface area contributed by atoms with Crippen LogP contribution in [0.2, 0.25) is 0 Å². The molecular formula is C16H18ClNO2S. The fraction of sp³-hybridized carbons (Fsp3) is 0.438. The first-order chi connectivity index (χ1) is 10.00. The summed E-state index contributed by atoms with van der Waals surface area (Å²) in [5, 5.41) is 2.98. The molecule has 1 fully saturated rings. The maximum atomic E-state index is 12.9. The summed E-state index contributed by atoms with van der Waals surface area (Å²) in [5.41, 5.74) is 0.417. The Bertz CT molecular complexity index is 667. The third-order valence-electron chi connectivity index (χ3n) is 3.65. The third-order valence-corrected chi connectivity index (χ3v) is 4.96. The Labute approximate surface area is 133 Å². The second-order valence-electron chi connectivity index (χ2n) is 5.99. The lowest BCUT2D eigenvalue weighted by molar-refractivity contribution is -0.117. The van der Waals surface area contributed by atoms with Crippen LogP contribution < -0.4 is 0 Å². The van der Waals surface area contributed by atoms with Crippen molar-refractivity contribution in [2.45, 2.75) is 25.6 Å². The number of hydrogen-bond acceptors (Lipinski definition) is 3. The van der Waals surface area contributed by atoms with Gasteiger partial charge in [0, 0.05) is 28.6 Å². The van der Waals surface area contributed by atoms with E-state index in [0.29, 0.717) is 19.0 Å². The number of thiophene rings is 1. The van der Waals surface area contributed by atoms with Gasteiger partial charge in [-0.05, 0) is 19.9 Å². The SMILES string of the molecule is CC1(C)CN(C(=O)c2csc3ccccc23)CC(CCl)O1. The zero-order valence-corrected chi connectivity index (χ0v) is 13.7. The molecule has 1 aromatic heterocycles. The normalized spacial score (nSPS) is 21.7. The average Bonchev–Trinajstić information content (AvgIpc) is 2.88. The Morgan fingerprint density at radius 1 is 1.48 bits per heavy atom. The number of ether oxygens (including phenoxy) is 1. The number of halogens is 1. The van der Waals surface area contributed by atoms with Crippen molar-refractivity contribution in [1.82, 2.24) is 4.90 Å². The first-order valence-electron chi connectivity index (χ1n) is 6.99. The predicted molar refractivity (Wildman–Crippen MR) is 87.4 cm³/mol. The Morgan fingerprint density at radius 2 is 2.24 bits per heavy atom. The Balaban J connectivity index is 1.90. The van der Waals surface area contributed by atoms with E-state index in [1.54, 1.807) is 11.3 Å². The molecule has 5 heteroatoms. The number of alkyl halides is 1. The van der Waals surface area contributed by atoms with Crippen LogP contribution in [0.25, 0.3) is 10.1 Å². The molecule has 1 atom stereocenters. The van der Waals surface area contributed by atoms with Crippen molar-refractivity contribution in [3.8, 4) is 0 Å². The van der Waals surface area contributed by atoms with Crippen molar-refractivity contribution in [2.24, 2.45) is 0 Å². The number of amides is 1. The van der Waals surface area contributed by atoms with Gasteiger partial charge in [0.1, 0.15) is 0 Å². The molecule has 2 heterocycles. The zero-order valence-electron chi connectivity index (χ0n) is 12.1. The van der Waals surface area contributed by atoms with Gasteiger partial charge in [0.15, 0.2) is 0 Å². The lowest BCUT2D eigenvalue weighted by atomic mass is 10.0. The largest absolute Gasteiger partial charge is 0.367 e. The summed E-state index contributed by atoms with van der Waals surface area (Å²) in [5.74, 6) is 0.469. The zero-order chi connectivity index (χ0) is 15.0. The van der Waals surface area contributed by atoms with Gasteiger partial charge in [0.05, 0.1) is 23.1 Å². The smallest absolute Gasteiger partial charge is 0.255 e. The van der Waals surface area contributed by atoms with Crippen molar-refractivity contribution in [2.75, 3.05) is 19.0 Å². The van der Waals surface area contributed by atoms with Gasteiger partial charge in [0.2, 0.25) is 0 Å². The van der Waals surface area contributed by atoms with Crippen LogP contribution in [0.4, 0.5) is 0 Å². The van der Waals surface area contributed by atoms with Crippen LogP contribution >= 0.6 is 22.9 Å². The van der Waals surface area contributed by atoms with E-state index in [2.05, 4.69) is 0 Å². The molecule has 1 amide bonds. The van der Waals surface area contributed by atoms with Crippen molar-refractivity contribution < 1.29 is 9.53 Å². The summed E-state index contributed by atoms with van der Waals surface area (Å²) in [6, 6.07) is 8.01. The van der Waals surface area contributed by atoms with Crippen molar-refractivity contribution in [3.63, 3.8) is 0 Å². The fourth-order valence-electron chi connectivity index (χ4n) is 2.84. The van der Waals surface area contributed by atoms with Gasteiger partial charge in [-0.15, -0.1) is 22.9 Å². The van der Waals surface area contributed by atoms with Crippen molar-refractivity contribution in [1.29, 1.82) is 0 Å². The Kier molecular flexibility index (Phi) is 3.95. The minimum Gasteiger partial charge on any atom is -0.367 e. The van der Waals surface area contributed by atoms with Crippen LogP contribution in [0.1, 0.15) is 24.2 Å². The van der Waals surface area contributed by atoms with Gasteiger partial charge in [-0.1, -0.05) is 18.2 Å². The number of rotatable bonds is 2. The van der Waals surface area contributed by atoms with E-state index < -0.39 is 0 Å². The molecular weight excluding hydrogens is 306 g/mol. The standard InChI is InChI=1S/C16H18ClNO2S/c1-16(2)10-18(8-11(7-17)20-16)15(19)13-9-21-14-6-4-3-5-12(13)14/h3-6,9,11H,7-8,10H2,1-2H3. The van der Waals surface area contributed by atoms with Gasteiger partial charge >= 0.3 is 0 Å². The van der Waals surface area contributed by atoms with E-state index in [1.807, 2.05) is 48.4 Å². The minimum absolute atomic E-state index is 0.0685. The molecule has 1 aliphatic heterocycles. The summed E-state index contributed by atoms with van der Waals surface area (Å²) in [4.78, 5) is 14.7. The van der Waals surface area contributed by atoms with Crippen LogP contribution in [-0.2, 0) is 4.74 Å². The molecule has 21 heavy (non-hydrogen) atoms. The molecule has 0 bridgehead atoms. The number of morpholine rings is 1. The molecule has 3 rings (SSSR count). The highest BCUT2D eigenvalue weighted by Gasteiger charge is 2.36. The molecule has 1 saturated heterocycles. The maximum absolute atomic E-state index is 12.9. The predicted octanol–water partition coefficient (Wildman–Crippen LogP) is 3.76. The van der Waals surface area contributed by atoms with Crippen LogP contribution in [-0.4, -0.2) is 41.5 Å². The highest BCUT2D eigenvalue weighted by Crippen LogP contribution is 2.29. The third kappa shape index (κ3) is 2.93. The molecule has 0 aliphatic carbocycles. The number of carbonyl (C=O) groups is 1. The topological polar surface area (TPSA) is 29.5 Å². The molecule has 1 aromatic carbocycles. The van der Waals surface area contributed by atoms with Crippen LogP contribution in [0.15, 0.2) is 29.6 Å². The minimum atomic E-state index is -0.362. The molecule has 3 nitrogen and oxygen atoms in total.